The molecule has 108 valence electrons. The first-order chi connectivity index (χ1) is 8.68. The van der Waals surface area contributed by atoms with Gasteiger partial charge in [0.2, 0.25) is 0 Å². The van der Waals surface area contributed by atoms with Gasteiger partial charge in [0.25, 0.3) is 0 Å². The molecule has 19 heavy (non-hydrogen) atoms. The fourth-order valence-corrected chi connectivity index (χ4v) is 2.36. The van der Waals surface area contributed by atoms with Gasteiger partial charge < -0.3 is 10.2 Å². The van der Waals surface area contributed by atoms with Gasteiger partial charge in [-0.05, 0) is 44.0 Å². The zero-order chi connectivity index (χ0) is 14.8. The maximum atomic E-state index is 6.45. The van der Waals surface area contributed by atoms with Crippen molar-refractivity contribution in [2.24, 2.45) is 5.41 Å². The van der Waals surface area contributed by atoms with Crippen LogP contribution in [0.2, 0.25) is 5.02 Å². The smallest absolute Gasteiger partial charge is 0.0642 e. The van der Waals surface area contributed by atoms with Gasteiger partial charge in [-0.25, -0.2) is 0 Å². The third kappa shape index (κ3) is 3.87. The topological polar surface area (TPSA) is 15.3 Å². The van der Waals surface area contributed by atoms with E-state index in [0.717, 1.165) is 10.7 Å². The highest BCUT2D eigenvalue weighted by molar-refractivity contribution is 6.33. The second kappa shape index (κ2) is 6.15. The third-order valence-electron chi connectivity index (χ3n) is 4.12. The maximum absolute atomic E-state index is 6.45. The molecule has 0 bridgehead atoms. The fraction of sp³-hybridized carbons (Fsp3) is 0.625. The lowest BCUT2D eigenvalue weighted by molar-refractivity contribution is 0.330. The Bertz CT molecular complexity index is 423. The molecular formula is C16H27ClN2. The predicted molar refractivity (Wildman–Crippen MR) is 86.2 cm³/mol. The Balaban J connectivity index is 3.03. The minimum absolute atomic E-state index is 0.217. The highest BCUT2D eigenvalue weighted by Gasteiger charge is 2.25. The molecule has 0 heterocycles. The Morgan fingerprint density at radius 3 is 2.21 bits per heavy atom. The number of anilines is 1. The SMILES string of the molecule is CNC(C)c1ccc(N(C)C(C)C(C)(C)C)c(Cl)c1. The molecule has 0 fully saturated rings. The number of halogens is 1. The number of nitrogens with one attached hydrogen (secondary N) is 1. The van der Waals surface area contributed by atoms with Gasteiger partial charge in [-0.1, -0.05) is 38.4 Å². The van der Waals surface area contributed by atoms with E-state index in [2.05, 4.69) is 70.1 Å². The number of hydrogen-bond acceptors (Lipinski definition) is 2. The van der Waals surface area contributed by atoms with Crippen LogP contribution in [0.25, 0.3) is 0 Å². The molecule has 0 radical (unpaired) electrons. The van der Waals surface area contributed by atoms with Crippen molar-refractivity contribution in [3.63, 3.8) is 0 Å². The maximum Gasteiger partial charge on any atom is 0.0642 e. The molecule has 2 nitrogen and oxygen atoms in total. The van der Waals surface area contributed by atoms with Gasteiger partial charge in [-0.2, -0.15) is 0 Å². The Kier molecular flexibility index (Phi) is 5.28. The first-order valence-corrected chi connectivity index (χ1v) is 7.25. The lowest BCUT2D eigenvalue weighted by Crippen LogP contribution is -2.39. The largest absolute Gasteiger partial charge is 0.370 e. The van der Waals surface area contributed by atoms with Gasteiger partial charge in [0.15, 0.2) is 0 Å². The summed E-state index contributed by atoms with van der Waals surface area (Å²) in [5.41, 5.74) is 2.53. The number of rotatable bonds is 4. The van der Waals surface area contributed by atoms with Crippen molar-refractivity contribution in [3.05, 3.63) is 28.8 Å². The Hall–Kier alpha value is -0.730. The minimum Gasteiger partial charge on any atom is -0.370 e. The molecule has 0 aliphatic rings. The van der Waals surface area contributed by atoms with E-state index in [1.165, 1.54) is 5.56 Å². The van der Waals surface area contributed by atoms with Crippen LogP contribution in [0.1, 0.15) is 46.2 Å². The number of hydrogen-bond donors (Lipinski definition) is 1. The normalized spacial score (nSPS) is 15.2. The Labute approximate surface area is 123 Å². The van der Waals surface area contributed by atoms with E-state index in [1.807, 2.05) is 7.05 Å². The lowest BCUT2D eigenvalue weighted by atomic mass is 9.87. The summed E-state index contributed by atoms with van der Waals surface area (Å²) >= 11 is 6.45. The van der Waals surface area contributed by atoms with E-state index in [0.29, 0.717) is 12.1 Å². The summed E-state index contributed by atoms with van der Waals surface area (Å²) in [4.78, 5) is 2.26. The second-order valence-corrected chi connectivity index (χ2v) is 6.78. The van der Waals surface area contributed by atoms with Crippen molar-refractivity contribution in [2.75, 3.05) is 19.0 Å². The summed E-state index contributed by atoms with van der Waals surface area (Å²) in [7, 11) is 4.07. The molecule has 2 unspecified atom stereocenters. The van der Waals surface area contributed by atoms with Crippen molar-refractivity contribution in [1.29, 1.82) is 0 Å². The van der Waals surface area contributed by atoms with E-state index in [9.17, 15) is 0 Å². The molecule has 1 N–H and O–H groups in total. The molecule has 0 aromatic heterocycles. The molecule has 1 aromatic carbocycles. The van der Waals surface area contributed by atoms with Crippen LogP contribution in [0, 0.1) is 5.41 Å². The molecule has 0 aliphatic carbocycles. The van der Waals surface area contributed by atoms with Crippen molar-refractivity contribution < 1.29 is 0 Å². The monoisotopic (exact) mass is 282 g/mol. The van der Waals surface area contributed by atoms with Gasteiger partial charge in [0.1, 0.15) is 0 Å². The van der Waals surface area contributed by atoms with Gasteiger partial charge >= 0.3 is 0 Å². The summed E-state index contributed by atoms with van der Waals surface area (Å²) in [6.45, 7) is 11.1. The average Bonchev–Trinajstić information content (AvgIpc) is 2.34. The van der Waals surface area contributed by atoms with Crippen LogP contribution >= 0.6 is 11.6 Å². The zero-order valence-electron chi connectivity index (χ0n) is 13.2. The molecule has 0 saturated carbocycles. The van der Waals surface area contributed by atoms with Crippen LogP contribution in [0.3, 0.4) is 0 Å². The summed E-state index contributed by atoms with van der Waals surface area (Å²) in [6.07, 6.45) is 0. The van der Waals surface area contributed by atoms with Crippen LogP contribution < -0.4 is 10.2 Å². The summed E-state index contributed by atoms with van der Waals surface area (Å²) in [5, 5.41) is 4.05. The first-order valence-electron chi connectivity index (χ1n) is 6.88. The fourth-order valence-electron chi connectivity index (χ4n) is 2.03. The molecule has 1 aromatic rings. The second-order valence-electron chi connectivity index (χ2n) is 6.37. The molecule has 0 amide bonds. The molecular weight excluding hydrogens is 256 g/mol. The van der Waals surface area contributed by atoms with Crippen LogP contribution in [-0.2, 0) is 0 Å². The third-order valence-corrected chi connectivity index (χ3v) is 4.42. The molecule has 0 spiro atoms. The average molecular weight is 283 g/mol. The van der Waals surface area contributed by atoms with E-state index < -0.39 is 0 Å². The summed E-state index contributed by atoms with van der Waals surface area (Å²) in [6, 6.07) is 7.06. The van der Waals surface area contributed by atoms with Crippen molar-refractivity contribution >= 4 is 17.3 Å². The number of nitrogens with zero attached hydrogens (tertiary/aromatic N) is 1. The molecule has 2 atom stereocenters. The van der Waals surface area contributed by atoms with E-state index >= 15 is 0 Å². The minimum atomic E-state index is 0.217. The molecule has 0 saturated heterocycles. The van der Waals surface area contributed by atoms with Crippen LogP contribution in [0.4, 0.5) is 5.69 Å². The van der Waals surface area contributed by atoms with E-state index in [4.69, 9.17) is 11.6 Å². The quantitative estimate of drug-likeness (QED) is 0.875. The van der Waals surface area contributed by atoms with Gasteiger partial charge in [0, 0.05) is 19.1 Å². The van der Waals surface area contributed by atoms with Gasteiger partial charge in [0.05, 0.1) is 10.7 Å². The first kappa shape index (κ1) is 16.3. The number of benzene rings is 1. The standard InChI is InChI=1S/C16H27ClN2/c1-11(18-6)13-8-9-15(14(17)10-13)19(7)12(2)16(3,4)5/h8-12,18H,1-7H3. The zero-order valence-corrected chi connectivity index (χ0v) is 14.0. The van der Waals surface area contributed by atoms with Crippen LogP contribution in [0.15, 0.2) is 18.2 Å². The van der Waals surface area contributed by atoms with Gasteiger partial charge in [-0.15, -0.1) is 0 Å². The highest BCUT2D eigenvalue weighted by atomic mass is 35.5. The van der Waals surface area contributed by atoms with Crippen molar-refractivity contribution in [2.45, 2.75) is 46.7 Å². The Morgan fingerprint density at radius 2 is 1.79 bits per heavy atom. The van der Waals surface area contributed by atoms with E-state index in [1.54, 1.807) is 0 Å². The van der Waals surface area contributed by atoms with Crippen molar-refractivity contribution in [3.8, 4) is 0 Å². The lowest BCUT2D eigenvalue weighted by Gasteiger charge is -2.37. The molecule has 3 heteroatoms. The summed E-state index contributed by atoms with van der Waals surface area (Å²) in [5.74, 6) is 0. The summed E-state index contributed by atoms with van der Waals surface area (Å²) < 4.78 is 0. The van der Waals surface area contributed by atoms with Crippen LogP contribution in [-0.4, -0.2) is 20.1 Å². The molecule has 0 aliphatic heterocycles. The van der Waals surface area contributed by atoms with E-state index in [-0.39, 0.29) is 5.41 Å². The van der Waals surface area contributed by atoms with Gasteiger partial charge in [-0.3, -0.25) is 0 Å². The predicted octanol–water partition coefficient (Wildman–Crippen LogP) is 4.49. The Morgan fingerprint density at radius 1 is 1.21 bits per heavy atom. The molecule has 1 rings (SSSR count). The highest BCUT2D eigenvalue weighted by Crippen LogP contribution is 2.33. The van der Waals surface area contributed by atoms with Crippen LogP contribution in [0.5, 0.6) is 0 Å². The van der Waals surface area contributed by atoms with Crippen molar-refractivity contribution in [1.82, 2.24) is 5.32 Å².